The summed E-state index contributed by atoms with van der Waals surface area (Å²) >= 11 is 0. The van der Waals surface area contributed by atoms with Gasteiger partial charge >= 0.3 is 0 Å². The number of nitrogens with zero attached hydrogens (tertiary/aromatic N) is 4. The van der Waals surface area contributed by atoms with Gasteiger partial charge in [0, 0.05) is 18.7 Å². The van der Waals surface area contributed by atoms with Crippen molar-refractivity contribution in [2.45, 2.75) is 19.3 Å². The molecule has 0 N–H and O–H groups in total. The highest BCUT2D eigenvalue weighted by Crippen LogP contribution is 2.27. The lowest BCUT2D eigenvalue weighted by molar-refractivity contribution is 0.192. The van der Waals surface area contributed by atoms with Crippen molar-refractivity contribution in [2.75, 3.05) is 13.2 Å². The lowest BCUT2D eigenvalue weighted by Crippen LogP contribution is -1.99. The maximum Gasteiger partial charge on any atom is 0.276 e. The molecule has 1 atom stereocenters. The Balaban J connectivity index is 1.81. The molecular formula is C14H14N4O2. The van der Waals surface area contributed by atoms with E-state index in [4.69, 9.17) is 9.26 Å². The van der Waals surface area contributed by atoms with Crippen LogP contribution in [-0.2, 0) is 4.74 Å². The van der Waals surface area contributed by atoms with Crippen molar-refractivity contribution >= 4 is 5.65 Å². The van der Waals surface area contributed by atoms with Crippen molar-refractivity contribution < 1.29 is 9.26 Å². The Hall–Kier alpha value is -2.21. The van der Waals surface area contributed by atoms with Gasteiger partial charge in [-0.1, -0.05) is 11.2 Å². The first-order valence-electron chi connectivity index (χ1n) is 6.68. The fraction of sp³-hybridized carbons (Fsp3) is 0.357. The van der Waals surface area contributed by atoms with E-state index in [1.54, 1.807) is 0 Å². The SMILES string of the molecule is Cc1nc2ccccn2c1-c1nc([C@@H]2CCOC2)no1. The number of aromatic nitrogens is 4. The number of hydrogen-bond donors (Lipinski definition) is 0. The largest absolute Gasteiger partial charge is 0.381 e. The molecule has 1 aliphatic rings. The van der Waals surface area contributed by atoms with Gasteiger partial charge < -0.3 is 9.26 Å². The van der Waals surface area contributed by atoms with Crippen molar-refractivity contribution in [3.05, 3.63) is 35.9 Å². The van der Waals surface area contributed by atoms with Crippen LogP contribution < -0.4 is 0 Å². The number of pyridine rings is 1. The molecule has 0 amide bonds. The third kappa shape index (κ3) is 1.72. The summed E-state index contributed by atoms with van der Waals surface area (Å²) in [6.45, 7) is 3.39. The lowest BCUT2D eigenvalue weighted by atomic mass is 10.1. The van der Waals surface area contributed by atoms with Crippen LogP contribution in [0.3, 0.4) is 0 Å². The van der Waals surface area contributed by atoms with Crippen LogP contribution in [-0.4, -0.2) is 32.7 Å². The van der Waals surface area contributed by atoms with Gasteiger partial charge in [-0.3, -0.25) is 4.40 Å². The molecule has 4 rings (SSSR count). The number of imidazole rings is 1. The van der Waals surface area contributed by atoms with Gasteiger partial charge in [0.15, 0.2) is 5.82 Å². The molecule has 0 spiro atoms. The summed E-state index contributed by atoms with van der Waals surface area (Å²) in [5.41, 5.74) is 2.62. The Morgan fingerprint density at radius 1 is 1.30 bits per heavy atom. The second-order valence-electron chi connectivity index (χ2n) is 4.99. The Labute approximate surface area is 115 Å². The molecule has 0 unspecified atom stereocenters. The van der Waals surface area contributed by atoms with Gasteiger partial charge in [-0.2, -0.15) is 4.98 Å². The molecule has 4 heterocycles. The van der Waals surface area contributed by atoms with Crippen molar-refractivity contribution in [3.63, 3.8) is 0 Å². The van der Waals surface area contributed by atoms with Crippen LogP contribution in [0.4, 0.5) is 0 Å². The maximum absolute atomic E-state index is 5.43. The molecule has 0 radical (unpaired) electrons. The molecule has 6 heteroatoms. The molecule has 102 valence electrons. The highest BCUT2D eigenvalue weighted by atomic mass is 16.5. The third-order valence-electron chi connectivity index (χ3n) is 3.64. The second-order valence-corrected chi connectivity index (χ2v) is 4.99. The minimum absolute atomic E-state index is 0.243. The Morgan fingerprint density at radius 3 is 3.10 bits per heavy atom. The van der Waals surface area contributed by atoms with E-state index in [9.17, 15) is 0 Å². The van der Waals surface area contributed by atoms with Crippen molar-refractivity contribution in [2.24, 2.45) is 0 Å². The molecule has 0 aromatic carbocycles. The average molecular weight is 270 g/mol. The number of fused-ring (bicyclic) bond motifs is 1. The third-order valence-corrected chi connectivity index (χ3v) is 3.64. The Bertz CT molecular complexity index is 755. The van der Waals surface area contributed by atoms with Gasteiger partial charge in [0.2, 0.25) is 0 Å². The summed E-state index contributed by atoms with van der Waals surface area (Å²) in [6, 6.07) is 5.87. The zero-order valence-corrected chi connectivity index (χ0v) is 11.1. The van der Waals surface area contributed by atoms with Crippen LogP contribution in [0, 0.1) is 6.92 Å². The molecule has 0 bridgehead atoms. The van der Waals surface area contributed by atoms with E-state index in [1.165, 1.54) is 0 Å². The first kappa shape index (κ1) is 11.6. The van der Waals surface area contributed by atoms with Crippen LogP contribution in [0.25, 0.3) is 17.2 Å². The normalized spacial score (nSPS) is 18.9. The van der Waals surface area contributed by atoms with E-state index in [0.29, 0.717) is 12.5 Å². The summed E-state index contributed by atoms with van der Waals surface area (Å²) in [5.74, 6) is 1.48. The van der Waals surface area contributed by atoms with Crippen LogP contribution >= 0.6 is 0 Å². The summed E-state index contributed by atoms with van der Waals surface area (Å²) < 4.78 is 12.8. The molecule has 0 aliphatic carbocycles. The molecule has 1 fully saturated rings. The predicted octanol–water partition coefficient (Wildman–Crippen LogP) is 2.20. The monoisotopic (exact) mass is 270 g/mol. The Morgan fingerprint density at radius 2 is 2.25 bits per heavy atom. The average Bonchev–Trinajstić information content (AvgIpc) is 3.16. The van der Waals surface area contributed by atoms with Crippen molar-refractivity contribution in [1.29, 1.82) is 0 Å². The standard InChI is InChI=1S/C14H14N4O2/c1-9-12(18-6-3-2-4-11(18)15-9)14-16-13(17-20-14)10-5-7-19-8-10/h2-4,6,10H,5,7-8H2,1H3/t10-/m1/s1. The highest BCUT2D eigenvalue weighted by molar-refractivity contribution is 5.59. The van der Waals surface area contributed by atoms with Gasteiger partial charge in [-0.15, -0.1) is 0 Å². The van der Waals surface area contributed by atoms with E-state index >= 15 is 0 Å². The zero-order valence-electron chi connectivity index (χ0n) is 11.1. The van der Waals surface area contributed by atoms with E-state index in [1.807, 2.05) is 35.7 Å². The number of aryl methyl sites for hydroxylation is 1. The van der Waals surface area contributed by atoms with Gasteiger partial charge in [-0.05, 0) is 25.5 Å². The molecule has 6 nitrogen and oxygen atoms in total. The number of rotatable bonds is 2. The van der Waals surface area contributed by atoms with Crippen LogP contribution in [0.5, 0.6) is 0 Å². The van der Waals surface area contributed by atoms with Gasteiger partial charge in [0.05, 0.1) is 12.3 Å². The number of ether oxygens (including phenoxy) is 1. The van der Waals surface area contributed by atoms with Gasteiger partial charge in [0.1, 0.15) is 11.3 Å². The highest BCUT2D eigenvalue weighted by Gasteiger charge is 2.25. The summed E-state index contributed by atoms with van der Waals surface area (Å²) in [7, 11) is 0. The second kappa shape index (κ2) is 4.42. The predicted molar refractivity (Wildman–Crippen MR) is 71.4 cm³/mol. The fourth-order valence-corrected chi connectivity index (χ4v) is 2.61. The van der Waals surface area contributed by atoms with Crippen LogP contribution in [0.1, 0.15) is 23.9 Å². The first-order chi connectivity index (χ1) is 9.83. The zero-order chi connectivity index (χ0) is 13.5. The van der Waals surface area contributed by atoms with Crippen molar-refractivity contribution in [1.82, 2.24) is 19.5 Å². The van der Waals surface area contributed by atoms with Gasteiger partial charge in [-0.25, -0.2) is 4.98 Å². The Kier molecular flexibility index (Phi) is 2.56. The summed E-state index contributed by atoms with van der Waals surface area (Å²) in [5, 5.41) is 4.09. The fourth-order valence-electron chi connectivity index (χ4n) is 2.61. The van der Waals surface area contributed by atoms with E-state index < -0.39 is 0 Å². The summed E-state index contributed by atoms with van der Waals surface area (Å²) in [4.78, 5) is 9.03. The minimum Gasteiger partial charge on any atom is -0.381 e. The topological polar surface area (TPSA) is 65.5 Å². The first-order valence-corrected chi connectivity index (χ1v) is 6.68. The van der Waals surface area contributed by atoms with Crippen LogP contribution in [0.15, 0.2) is 28.9 Å². The van der Waals surface area contributed by atoms with E-state index in [2.05, 4.69) is 15.1 Å². The molecule has 20 heavy (non-hydrogen) atoms. The molecule has 3 aromatic rings. The maximum atomic E-state index is 5.43. The lowest BCUT2D eigenvalue weighted by Gasteiger charge is -1.98. The van der Waals surface area contributed by atoms with E-state index in [-0.39, 0.29) is 5.92 Å². The van der Waals surface area contributed by atoms with E-state index in [0.717, 1.165) is 35.9 Å². The minimum atomic E-state index is 0.243. The number of hydrogen-bond acceptors (Lipinski definition) is 5. The molecule has 1 saturated heterocycles. The van der Waals surface area contributed by atoms with Gasteiger partial charge in [0.25, 0.3) is 5.89 Å². The molecular weight excluding hydrogens is 256 g/mol. The molecule has 1 aliphatic heterocycles. The molecule has 0 saturated carbocycles. The smallest absolute Gasteiger partial charge is 0.276 e. The van der Waals surface area contributed by atoms with Crippen molar-refractivity contribution in [3.8, 4) is 11.6 Å². The van der Waals surface area contributed by atoms with Crippen LogP contribution in [0.2, 0.25) is 0 Å². The summed E-state index contributed by atoms with van der Waals surface area (Å²) in [6.07, 6.45) is 2.90. The molecule has 3 aromatic heterocycles. The quantitative estimate of drug-likeness (QED) is 0.714.